The summed E-state index contributed by atoms with van der Waals surface area (Å²) in [5, 5.41) is 13.2. The summed E-state index contributed by atoms with van der Waals surface area (Å²) in [6, 6.07) is 18.2. The quantitative estimate of drug-likeness (QED) is 0.749. The maximum atomic E-state index is 12.4. The molecule has 148 valence electrons. The Kier molecular flexibility index (Phi) is 7.03. The van der Waals surface area contributed by atoms with Crippen molar-refractivity contribution < 1.29 is 24.2 Å². The van der Waals surface area contributed by atoms with Crippen molar-refractivity contribution in [1.82, 2.24) is 5.32 Å². The molecule has 1 aliphatic rings. The Balaban J connectivity index is 1.48. The van der Waals surface area contributed by atoms with Gasteiger partial charge in [-0.25, -0.2) is 4.79 Å². The molecule has 2 aromatic rings. The third-order valence-electron chi connectivity index (χ3n) is 4.90. The highest BCUT2D eigenvalue weighted by atomic mass is 16.5. The van der Waals surface area contributed by atoms with Crippen molar-refractivity contribution in [1.29, 1.82) is 0 Å². The maximum absolute atomic E-state index is 12.4. The molecule has 1 aliphatic carbocycles. The lowest BCUT2D eigenvalue weighted by atomic mass is 9.83. The fourth-order valence-electron chi connectivity index (χ4n) is 3.35. The number of alkyl carbamates (subject to hydrolysis) is 1. The molecule has 0 bridgehead atoms. The van der Waals surface area contributed by atoms with Gasteiger partial charge in [-0.2, -0.15) is 0 Å². The Morgan fingerprint density at radius 1 is 0.893 bits per heavy atom. The van der Waals surface area contributed by atoms with Crippen LogP contribution in [-0.4, -0.2) is 29.3 Å². The number of nitrogens with one attached hydrogen (secondary N) is 1. The Hall–Kier alpha value is -2.86. The van der Waals surface area contributed by atoms with E-state index in [1.54, 1.807) is 0 Å². The molecule has 0 aliphatic heterocycles. The molecule has 6 nitrogen and oxygen atoms in total. The Morgan fingerprint density at radius 3 is 2.07 bits per heavy atom. The van der Waals surface area contributed by atoms with Crippen LogP contribution in [0.4, 0.5) is 4.79 Å². The van der Waals surface area contributed by atoms with E-state index in [1.165, 1.54) is 0 Å². The number of ether oxygens (including phenoxy) is 2. The van der Waals surface area contributed by atoms with E-state index in [9.17, 15) is 14.7 Å². The molecule has 1 saturated carbocycles. The monoisotopic (exact) mass is 383 g/mol. The first-order chi connectivity index (χ1) is 13.6. The molecule has 0 radical (unpaired) electrons. The van der Waals surface area contributed by atoms with Crippen molar-refractivity contribution in [3.05, 3.63) is 71.8 Å². The first kappa shape index (κ1) is 19.9. The van der Waals surface area contributed by atoms with Gasteiger partial charge >= 0.3 is 12.1 Å². The second-order valence-electron chi connectivity index (χ2n) is 6.93. The zero-order valence-electron chi connectivity index (χ0n) is 15.6. The van der Waals surface area contributed by atoms with E-state index in [0.29, 0.717) is 19.3 Å². The van der Waals surface area contributed by atoms with Gasteiger partial charge in [0.2, 0.25) is 0 Å². The van der Waals surface area contributed by atoms with Crippen molar-refractivity contribution in [2.75, 3.05) is 0 Å². The van der Waals surface area contributed by atoms with Crippen LogP contribution >= 0.6 is 0 Å². The van der Waals surface area contributed by atoms with Gasteiger partial charge in [0, 0.05) is 0 Å². The van der Waals surface area contributed by atoms with Gasteiger partial charge in [0.1, 0.15) is 13.2 Å². The van der Waals surface area contributed by atoms with Crippen LogP contribution in [0.3, 0.4) is 0 Å². The number of carbonyl (C=O) groups is 2. The Morgan fingerprint density at radius 2 is 1.46 bits per heavy atom. The second kappa shape index (κ2) is 9.90. The van der Waals surface area contributed by atoms with Crippen molar-refractivity contribution in [3.63, 3.8) is 0 Å². The van der Waals surface area contributed by atoms with Crippen LogP contribution in [-0.2, 0) is 27.5 Å². The van der Waals surface area contributed by atoms with Crippen LogP contribution < -0.4 is 5.32 Å². The number of aliphatic hydroxyl groups excluding tert-OH is 1. The van der Waals surface area contributed by atoms with Gasteiger partial charge in [0.15, 0.2) is 0 Å². The van der Waals surface area contributed by atoms with Crippen molar-refractivity contribution in [2.45, 2.75) is 44.6 Å². The fraction of sp³-hybridized carbons (Fsp3) is 0.364. The van der Waals surface area contributed by atoms with Crippen LogP contribution in [0.2, 0.25) is 0 Å². The summed E-state index contributed by atoms with van der Waals surface area (Å²) in [7, 11) is 0. The normalized spacial score (nSPS) is 21.5. The van der Waals surface area contributed by atoms with Crippen LogP contribution in [0.5, 0.6) is 0 Å². The first-order valence-corrected chi connectivity index (χ1v) is 9.49. The predicted molar refractivity (Wildman–Crippen MR) is 103 cm³/mol. The van der Waals surface area contributed by atoms with Crippen LogP contribution in [0, 0.1) is 5.92 Å². The summed E-state index contributed by atoms with van der Waals surface area (Å²) in [5.41, 5.74) is 1.77. The minimum Gasteiger partial charge on any atom is -0.461 e. The van der Waals surface area contributed by atoms with E-state index in [0.717, 1.165) is 11.1 Å². The molecule has 2 aromatic carbocycles. The van der Waals surface area contributed by atoms with Crippen molar-refractivity contribution in [3.8, 4) is 0 Å². The summed E-state index contributed by atoms with van der Waals surface area (Å²) in [6.45, 7) is 0.318. The minimum absolute atomic E-state index is 0.151. The molecular weight excluding hydrogens is 358 g/mol. The molecule has 0 heterocycles. The van der Waals surface area contributed by atoms with Gasteiger partial charge in [0.05, 0.1) is 18.1 Å². The molecule has 0 aromatic heterocycles. The molecule has 2 N–H and O–H groups in total. The largest absolute Gasteiger partial charge is 0.461 e. The van der Waals surface area contributed by atoms with Crippen molar-refractivity contribution in [2.24, 2.45) is 5.92 Å². The lowest BCUT2D eigenvalue weighted by Gasteiger charge is -2.33. The van der Waals surface area contributed by atoms with E-state index < -0.39 is 30.1 Å². The van der Waals surface area contributed by atoms with Crippen LogP contribution in [0.15, 0.2) is 60.7 Å². The SMILES string of the molecule is O=C(N[C@@H]1CCC[C@H](C(=O)OCc2ccccc2)[C@@H]1O)OCc1ccccc1. The average Bonchev–Trinajstić information content (AvgIpc) is 2.73. The molecule has 0 unspecified atom stereocenters. The molecule has 3 rings (SSSR count). The topological polar surface area (TPSA) is 84.9 Å². The zero-order valence-corrected chi connectivity index (χ0v) is 15.6. The summed E-state index contributed by atoms with van der Waals surface area (Å²) >= 11 is 0. The second-order valence-corrected chi connectivity index (χ2v) is 6.93. The third kappa shape index (κ3) is 5.57. The number of esters is 1. The van der Waals surface area contributed by atoms with E-state index in [1.807, 2.05) is 60.7 Å². The van der Waals surface area contributed by atoms with E-state index in [4.69, 9.17) is 9.47 Å². The average molecular weight is 383 g/mol. The number of hydrogen-bond acceptors (Lipinski definition) is 5. The molecule has 28 heavy (non-hydrogen) atoms. The summed E-state index contributed by atoms with van der Waals surface area (Å²) < 4.78 is 10.6. The zero-order chi connectivity index (χ0) is 19.8. The number of rotatable bonds is 6. The van der Waals surface area contributed by atoms with E-state index >= 15 is 0 Å². The van der Waals surface area contributed by atoms with E-state index in [2.05, 4.69) is 5.32 Å². The molecule has 0 saturated heterocycles. The fourth-order valence-corrected chi connectivity index (χ4v) is 3.35. The van der Waals surface area contributed by atoms with Gasteiger partial charge in [-0.05, 0) is 24.0 Å². The summed E-state index contributed by atoms with van der Waals surface area (Å²) in [4.78, 5) is 24.5. The molecule has 6 heteroatoms. The molecule has 0 spiro atoms. The number of carbonyl (C=O) groups excluding carboxylic acids is 2. The molecule has 1 amide bonds. The van der Waals surface area contributed by atoms with Gasteiger partial charge in [-0.15, -0.1) is 0 Å². The van der Waals surface area contributed by atoms with Gasteiger partial charge in [-0.1, -0.05) is 67.1 Å². The summed E-state index contributed by atoms with van der Waals surface area (Å²) in [5.74, 6) is -1.10. The highest BCUT2D eigenvalue weighted by Crippen LogP contribution is 2.26. The highest BCUT2D eigenvalue weighted by molar-refractivity contribution is 5.74. The number of benzene rings is 2. The number of hydrogen-bond donors (Lipinski definition) is 2. The highest BCUT2D eigenvalue weighted by Gasteiger charge is 2.38. The van der Waals surface area contributed by atoms with Gasteiger partial charge < -0.3 is 19.9 Å². The Bertz CT molecular complexity index is 765. The molecular formula is C22H25NO5. The molecule has 1 fully saturated rings. The predicted octanol–water partition coefficient (Wildman–Crippen LogP) is 3.19. The Labute approximate surface area is 164 Å². The minimum atomic E-state index is -0.999. The maximum Gasteiger partial charge on any atom is 0.407 e. The van der Waals surface area contributed by atoms with Crippen LogP contribution in [0.25, 0.3) is 0 Å². The summed E-state index contributed by atoms with van der Waals surface area (Å²) in [6.07, 6.45) is 0.231. The first-order valence-electron chi connectivity index (χ1n) is 9.49. The number of amides is 1. The third-order valence-corrected chi connectivity index (χ3v) is 4.90. The van der Waals surface area contributed by atoms with Crippen LogP contribution in [0.1, 0.15) is 30.4 Å². The van der Waals surface area contributed by atoms with E-state index in [-0.39, 0.29) is 13.2 Å². The standard InChI is InChI=1S/C22H25NO5/c24-20-18(21(25)27-14-16-8-3-1-4-9-16)12-7-13-19(20)23-22(26)28-15-17-10-5-2-6-11-17/h1-6,8-11,18-20,24H,7,12-15H2,(H,23,26)/t18-,19+,20-/m0/s1. The smallest absolute Gasteiger partial charge is 0.407 e. The lowest BCUT2D eigenvalue weighted by Crippen LogP contribution is -2.51. The number of aliphatic hydroxyl groups is 1. The molecule has 3 atom stereocenters. The van der Waals surface area contributed by atoms with Gasteiger partial charge in [-0.3, -0.25) is 4.79 Å². The van der Waals surface area contributed by atoms with Crippen molar-refractivity contribution >= 4 is 12.1 Å². The lowest BCUT2D eigenvalue weighted by molar-refractivity contribution is -0.156. The van der Waals surface area contributed by atoms with Gasteiger partial charge in [0.25, 0.3) is 0 Å².